The Kier molecular flexibility index (Phi) is 6.34. The Bertz CT molecular complexity index is 949. The summed E-state index contributed by atoms with van der Waals surface area (Å²) in [5.41, 5.74) is 3.01. The van der Waals surface area contributed by atoms with Gasteiger partial charge < -0.3 is 25.3 Å². The number of aromatic amines is 1. The number of aromatic nitrogens is 1. The lowest BCUT2D eigenvalue weighted by Crippen LogP contribution is -2.39. The molecule has 4 N–H and O–H groups in total. The molecule has 0 radical (unpaired) electrons. The Labute approximate surface area is 164 Å². The normalized spacial score (nSPS) is 12.3. The van der Waals surface area contributed by atoms with Gasteiger partial charge in [-0.25, -0.2) is 0 Å². The van der Waals surface area contributed by atoms with E-state index >= 15 is 0 Å². The van der Waals surface area contributed by atoms with Gasteiger partial charge in [0.25, 0.3) is 5.91 Å². The topological polar surface area (TPSA) is 94.6 Å². The zero-order valence-electron chi connectivity index (χ0n) is 16.1. The number of rotatable bonds is 8. The molecule has 6 heteroatoms. The number of ether oxygens (including phenoxy) is 1. The molecule has 0 unspecified atom stereocenters. The molecule has 1 heterocycles. The number of fused-ring (bicyclic) bond motifs is 1. The highest BCUT2D eigenvalue weighted by atomic mass is 16.5. The minimum atomic E-state index is -0.448. The predicted octanol–water partition coefficient (Wildman–Crippen LogP) is 2.78. The van der Waals surface area contributed by atoms with Crippen LogP contribution >= 0.6 is 0 Å². The molecule has 0 saturated heterocycles. The highest BCUT2D eigenvalue weighted by molar-refractivity contribution is 5.97. The van der Waals surface area contributed by atoms with Crippen molar-refractivity contribution < 1.29 is 19.7 Å². The summed E-state index contributed by atoms with van der Waals surface area (Å²) in [4.78, 5) is 16.1. The molecule has 0 bridgehead atoms. The largest absolute Gasteiger partial charge is 0.490 e. The van der Waals surface area contributed by atoms with Crippen molar-refractivity contribution in [1.29, 1.82) is 0 Å². The average Bonchev–Trinajstić information content (AvgIpc) is 3.10. The summed E-state index contributed by atoms with van der Waals surface area (Å²) in [5.74, 6) is 0.110. The van der Waals surface area contributed by atoms with Crippen LogP contribution in [0.5, 0.6) is 5.75 Å². The zero-order valence-corrected chi connectivity index (χ0v) is 16.1. The summed E-state index contributed by atoms with van der Waals surface area (Å²) in [6.07, 6.45) is 2.30. The van der Waals surface area contributed by atoms with Crippen LogP contribution in [0.1, 0.15) is 35.3 Å². The van der Waals surface area contributed by atoms with E-state index in [1.54, 1.807) is 18.2 Å². The quantitative estimate of drug-likeness (QED) is 0.482. The molecule has 1 amide bonds. The fourth-order valence-corrected chi connectivity index (χ4v) is 3.20. The van der Waals surface area contributed by atoms with E-state index in [4.69, 9.17) is 4.74 Å². The van der Waals surface area contributed by atoms with Gasteiger partial charge in [-0.3, -0.25) is 4.79 Å². The maximum Gasteiger partial charge on any atom is 0.255 e. The van der Waals surface area contributed by atoms with Crippen molar-refractivity contribution >= 4 is 16.8 Å². The molecular weight excluding hydrogens is 356 g/mol. The van der Waals surface area contributed by atoms with Crippen molar-refractivity contribution in [3.63, 3.8) is 0 Å². The predicted molar refractivity (Wildman–Crippen MR) is 108 cm³/mol. The number of para-hydroxylation sites is 1. The first-order chi connectivity index (χ1) is 13.5. The summed E-state index contributed by atoms with van der Waals surface area (Å²) in [6.45, 7) is 3.41. The molecule has 28 heavy (non-hydrogen) atoms. The van der Waals surface area contributed by atoms with Crippen LogP contribution in [0.3, 0.4) is 0 Å². The number of aliphatic hydroxyl groups excluding tert-OH is 2. The van der Waals surface area contributed by atoms with Gasteiger partial charge in [0.2, 0.25) is 0 Å². The van der Waals surface area contributed by atoms with Gasteiger partial charge in [-0.15, -0.1) is 0 Å². The molecule has 2 aromatic carbocycles. The van der Waals surface area contributed by atoms with Gasteiger partial charge in [0.1, 0.15) is 5.75 Å². The summed E-state index contributed by atoms with van der Waals surface area (Å²) in [5, 5.41) is 23.2. The molecule has 148 valence electrons. The Hall–Kier alpha value is -2.83. The number of amides is 1. The highest BCUT2D eigenvalue weighted by Gasteiger charge is 2.19. The second-order valence-electron chi connectivity index (χ2n) is 7.07. The SMILES string of the molecule is CC(C)Oc1ccc(CO)cc1C(=O)N[C@@H](CO)Cc1c[nH]c2ccccc12. The molecule has 0 aliphatic rings. The standard InChI is InChI=1S/C22H26N2O4/c1-14(2)28-21-8-7-15(12-25)9-19(21)22(27)24-17(13-26)10-16-11-23-20-6-4-3-5-18(16)20/h3-9,11,14,17,23,25-26H,10,12-13H2,1-2H3,(H,24,27)/t17-/m1/s1. The minimum Gasteiger partial charge on any atom is -0.490 e. The van der Waals surface area contributed by atoms with Crippen molar-refractivity contribution in [2.24, 2.45) is 0 Å². The maximum absolute atomic E-state index is 12.9. The first kappa shape index (κ1) is 19.9. The Balaban J connectivity index is 1.80. The lowest BCUT2D eigenvalue weighted by molar-refractivity contribution is 0.0910. The number of hydrogen-bond acceptors (Lipinski definition) is 4. The second-order valence-corrected chi connectivity index (χ2v) is 7.07. The van der Waals surface area contributed by atoms with Crippen molar-refractivity contribution in [3.05, 3.63) is 65.4 Å². The Morgan fingerprint density at radius 2 is 1.96 bits per heavy atom. The van der Waals surface area contributed by atoms with Crippen LogP contribution < -0.4 is 10.1 Å². The number of benzene rings is 2. The molecule has 0 saturated carbocycles. The Morgan fingerprint density at radius 3 is 2.68 bits per heavy atom. The molecule has 3 rings (SSSR count). The van der Waals surface area contributed by atoms with E-state index in [1.165, 1.54) is 0 Å². The van der Waals surface area contributed by atoms with Crippen molar-refractivity contribution in [2.75, 3.05) is 6.61 Å². The van der Waals surface area contributed by atoms with Crippen LogP contribution in [0.25, 0.3) is 10.9 Å². The Morgan fingerprint density at radius 1 is 1.18 bits per heavy atom. The molecule has 0 spiro atoms. The van der Waals surface area contributed by atoms with Crippen LogP contribution in [0.15, 0.2) is 48.7 Å². The van der Waals surface area contributed by atoms with E-state index in [-0.39, 0.29) is 25.2 Å². The molecule has 6 nitrogen and oxygen atoms in total. The highest BCUT2D eigenvalue weighted by Crippen LogP contribution is 2.23. The van der Waals surface area contributed by atoms with E-state index in [0.29, 0.717) is 23.3 Å². The molecular formula is C22H26N2O4. The molecule has 1 atom stereocenters. The van der Waals surface area contributed by atoms with Crippen LogP contribution in [0.2, 0.25) is 0 Å². The summed E-state index contributed by atoms with van der Waals surface area (Å²) >= 11 is 0. The molecule has 1 aromatic heterocycles. The molecule has 0 aliphatic heterocycles. The smallest absolute Gasteiger partial charge is 0.255 e. The minimum absolute atomic E-state index is 0.0913. The van der Waals surface area contributed by atoms with E-state index in [9.17, 15) is 15.0 Å². The van der Waals surface area contributed by atoms with Crippen LogP contribution in [-0.2, 0) is 13.0 Å². The number of H-pyrrole nitrogens is 1. The van der Waals surface area contributed by atoms with Gasteiger partial charge in [0, 0.05) is 17.1 Å². The third-order valence-corrected chi connectivity index (χ3v) is 4.53. The van der Waals surface area contributed by atoms with Crippen molar-refractivity contribution in [3.8, 4) is 5.75 Å². The fourth-order valence-electron chi connectivity index (χ4n) is 3.20. The number of nitrogens with one attached hydrogen (secondary N) is 2. The van der Waals surface area contributed by atoms with Gasteiger partial charge in [0.15, 0.2) is 0 Å². The molecule has 3 aromatic rings. The average molecular weight is 382 g/mol. The third kappa shape index (κ3) is 4.52. The fraction of sp³-hybridized carbons (Fsp3) is 0.318. The van der Waals surface area contributed by atoms with Gasteiger partial charge in [-0.05, 0) is 49.6 Å². The number of carbonyl (C=O) groups is 1. The van der Waals surface area contributed by atoms with E-state index in [0.717, 1.165) is 16.5 Å². The van der Waals surface area contributed by atoms with Gasteiger partial charge in [0.05, 0.1) is 30.9 Å². The van der Waals surface area contributed by atoms with Gasteiger partial charge in [-0.1, -0.05) is 24.3 Å². The summed E-state index contributed by atoms with van der Waals surface area (Å²) in [7, 11) is 0. The van der Waals surface area contributed by atoms with Crippen molar-refractivity contribution in [1.82, 2.24) is 10.3 Å². The van der Waals surface area contributed by atoms with E-state index in [2.05, 4.69) is 10.3 Å². The molecule has 0 aliphatic carbocycles. The summed E-state index contributed by atoms with van der Waals surface area (Å²) < 4.78 is 5.73. The van der Waals surface area contributed by atoms with E-state index < -0.39 is 6.04 Å². The monoisotopic (exact) mass is 382 g/mol. The third-order valence-electron chi connectivity index (χ3n) is 4.53. The zero-order chi connectivity index (χ0) is 20.1. The van der Waals surface area contributed by atoms with Crippen LogP contribution in [0.4, 0.5) is 0 Å². The van der Waals surface area contributed by atoms with Gasteiger partial charge >= 0.3 is 0 Å². The van der Waals surface area contributed by atoms with Gasteiger partial charge in [-0.2, -0.15) is 0 Å². The maximum atomic E-state index is 12.9. The van der Waals surface area contributed by atoms with Crippen LogP contribution in [-0.4, -0.2) is 39.9 Å². The number of hydrogen-bond donors (Lipinski definition) is 4. The number of aliphatic hydroxyl groups is 2. The second kappa shape index (κ2) is 8.91. The van der Waals surface area contributed by atoms with Crippen LogP contribution in [0, 0.1) is 0 Å². The van der Waals surface area contributed by atoms with Crippen molar-refractivity contribution in [2.45, 2.75) is 39.0 Å². The lowest BCUT2D eigenvalue weighted by Gasteiger charge is -2.19. The molecule has 0 fully saturated rings. The first-order valence-corrected chi connectivity index (χ1v) is 9.39. The summed E-state index contributed by atoms with van der Waals surface area (Å²) in [6, 6.07) is 12.5. The lowest BCUT2D eigenvalue weighted by atomic mass is 10.0. The van der Waals surface area contributed by atoms with E-state index in [1.807, 2.05) is 44.3 Å². The first-order valence-electron chi connectivity index (χ1n) is 9.39. The number of carbonyl (C=O) groups excluding carboxylic acids is 1.